The minimum absolute atomic E-state index is 0.0852. The van der Waals surface area contributed by atoms with Gasteiger partial charge in [0.2, 0.25) is 0 Å². The number of nitro benzene ring substituents is 1. The fraction of sp³-hybridized carbons (Fsp3) is 0.0667. The molecule has 0 fully saturated rings. The van der Waals surface area contributed by atoms with Crippen LogP contribution in [0.15, 0.2) is 54.6 Å². The van der Waals surface area contributed by atoms with Gasteiger partial charge in [-0.1, -0.05) is 47.7 Å². The van der Waals surface area contributed by atoms with Crippen LogP contribution in [-0.4, -0.2) is 19.9 Å². The van der Waals surface area contributed by atoms with Crippen molar-refractivity contribution in [3.05, 3.63) is 74.0 Å². The van der Waals surface area contributed by atoms with E-state index in [9.17, 15) is 10.1 Å². The number of halogens is 1. The van der Waals surface area contributed by atoms with Gasteiger partial charge in [-0.2, -0.15) is 0 Å². The minimum atomic E-state index is -0.406. The number of nitrogens with zero attached hydrogens (tertiary/aromatic N) is 4. The largest absolute Gasteiger partial charge is 0.269 e. The molecule has 0 amide bonds. The molecule has 7 heteroatoms. The van der Waals surface area contributed by atoms with E-state index in [4.69, 9.17) is 0 Å². The highest BCUT2D eigenvalue weighted by Gasteiger charge is 2.12. The van der Waals surface area contributed by atoms with Gasteiger partial charge < -0.3 is 0 Å². The zero-order valence-corrected chi connectivity index (χ0v) is 13.5. The fourth-order valence-corrected chi connectivity index (χ4v) is 2.76. The van der Waals surface area contributed by atoms with Crippen LogP contribution >= 0.6 is 22.6 Å². The van der Waals surface area contributed by atoms with Crippen LogP contribution in [0.2, 0.25) is 0 Å². The lowest BCUT2D eigenvalue weighted by molar-refractivity contribution is -0.384. The SMILES string of the molecule is O=[N+]([O-])c1ccc(Cn2nnc(-c3ccccc3)c2I)cc1. The first-order valence-electron chi connectivity index (χ1n) is 6.53. The van der Waals surface area contributed by atoms with E-state index in [-0.39, 0.29) is 5.69 Å². The Hall–Kier alpha value is -2.29. The van der Waals surface area contributed by atoms with Gasteiger partial charge in [0, 0.05) is 17.7 Å². The second-order valence-electron chi connectivity index (χ2n) is 4.68. The summed E-state index contributed by atoms with van der Waals surface area (Å²) >= 11 is 2.21. The Balaban J connectivity index is 1.85. The van der Waals surface area contributed by atoms with Crippen LogP contribution in [0.25, 0.3) is 11.3 Å². The number of nitro groups is 1. The molecule has 22 heavy (non-hydrogen) atoms. The van der Waals surface area contributed by atoms with Gasteiger partial charge in [0.25, 0.3) is 5.69 Å². The molecule has 0 unspecified atom stereocenters. The fourth-order valence-electron chi connectivity index (χ4n) is 2.07. The molecule has 3 rings (SSSR count). The lowest BCUT2D eigenvalue weighted by atomic mass is 10.2. The Morgan fingerprint density at radius 2 is 1.77 bits per heavy atom. The number of aromatic nitrogens is 3. The lowest BCUT2D eigenvalue weighted by Gasteiger charge is -2.03. The number of non-ortho nitro benzene ring substituents is 1. The van der Waals surface area contributed by atoms with Gasteiger partial charge >= 0.3 is 0 Å². The average molecular weight is 406 g/mol. The van der Waals surface area contributed by atoms with Gasteiger partial charge in [0.1, 0.15) is 9.39 Å². The van der Waals surface area contributed by atoms with Gasteiger partial charge in [0.05, 0.1) is 11.5 Å². The molecule has 110 valence electrons. The number of hydrogen-bond donors (Lipinski definition) is 0. The summed E-state index contributed by atoms with van der Waals surface area (Å²) in [6.45, 7) is 0.524. The maximum atomic E-state index is 10.7. The Labute approximate surface area is 140 Å². The summed E-state index contributed by atoms with van der Waals surface area (Å²) in [6, 6.07) is 16.3. The van der Waals surface area contributed by atoms with Gasteiger partial charge in [-0.15, -0.1) is 5.10 Å². The van der Waals surface area contributed by atoms with E-state index in [1.165, 1.54) is 12.1 Å². The van der Waals surface area contributed by atoms with Crippen LogP contribution in [0.3, 0.4) is 0 Å². The first-order valence-corrected chi connectivity index (χ1v) is 7.61. The van der Waals surface area contributed by atoms with Crippen molar-refractivity contribution in [3.63, 3.8) is 0 Å². The molecule has 0 aliphatic rings. The number of rotatable bonds is 4. The standard InChI is InChI=1S/C15H11IN4O2/c16-15-14(12-4-2-1-3-5-12)17-18-19(15)10-11-6-8-13(9-7-11)20(21)22/h1-9H,10H2. The van der Waals surface area contributed by atoms with Crippen LogP contribution in [-0.2, 0) is 6.54 Å². The molecule has 0 aliphatic carbocycles. The predicted molar refractivity (Wildman–Crippen MR) is 90.4 cm³/mol. The smallest absolute Gasteiger partial charge is 0.258 e. The van der Waals surface area contributed by atoms with Crippen LogP contribution in [0, 0.1) is 13.8 Å². The molecule has 0 atom stereocenters. The molecule has 0 N–H and O–H groups in total. The van der Waals surface area contributed by atoms with Crippen molar-refractivity contribution in [3.8, 4) is 11.3 Å². The molecule has 6 nitrogen and oxygen atoms in total. The van der Waals surface area contributed by atoms with Crippen LogP contribution in [0.4, 0.5) is 5.69 Å². The van der Waals surface area contributed by atoms with Gasteiger partial charge in [-0.05, 0) is 28.2 Å². The van der Waals surface area contributed by atoms with E-state index in [0.717, 1.165) is 20.5 Å². The van der Waals surface area contributed by atoms with Crippen LogP contribution in [0.1, 0.15) is 5.56 Å². The molecule has 0 bridgehead atoms. The summed E-state index contributed by atoms with van der Waals surface area (Å²) in [5, 5.41) is 19.1. The van der Waals surface area contributed by atoms with E-state index in [2.05, 4.69) is 32.9 Å². The van der Waals surface area contributed by atoms with Crippen LogP contribution in [0.5, 0.6) is 0 Å². The molecule has 0 aliphatic heterocycles. The summed E-state index contributed by atoms with van der Waals surface area (Å²) in [5.41, 5.74) is 2.88. The molecule has 1 heterocycles. The summed E-state index contributed by atoms with van der Waals surface area (Å²) < 4.78 is 2.71. The van der Waals surface area contributed by atoms with Crippen molar-refractivity contribution >= 4 is 28.3 Å². The summed E-state index contributed by atoms with van der Waals surface area (Å²) in [4.78, 5) is 10.3. The van der Waals surface area contributed by atoms with Crippen molar-refractivity contribution in [2.24, 2.45) is 0 Å². The second-order valence-corrected chi connectivity index (χ2v) is 5.70. The van der Waals surface area contributed by atoms with Gasteiger partial charge in [-0.3, -0.25) is 10.1 Å². The topological polar surface area (TPSA) is 73.8 Å². The number of benzene rings is 2. The van der Waals surface area contributed by atoms with Crippen molar-refractivity contribution < 1.29 is 4.92 Å². The Bertz CT molecular complexity index is 800. The van der Waals surface area contributed by atoms with E-state index in [1.54, 1.807) is 16.8 Å². The van der Waals surface area contributed by atoms with Gasteiger partial charge in [-0.25, -0.2) is 4.68 Å². The highest BCUT2D eigenvalue weighted by Crippen LogP contribution is 2.23. The maximum Gasteiger partial charge on any atom is 0.269 e. The molecule has 0 saturated heterocycles. The second kappa shape index (κ2) is 6.22. The molecule has 2 aromatic carbocycles. The molecule has 0 saturated carbocycles. The molecular formula is C15H11IN4O2. The van der Waals surface area contributed by atoms with Gasteiger partial charge in [0.15, 0.2) is 0 Å². The third-order valence-corrected chi connectivity index (χ3v) is 4.27. The lowest BCUT2D eigenvalue weighted by Crippen LogP contribution is -2.04. The van der Waals surface area contributed by atoms with E-state index < -0.39 is 4.92 Å². The predicted octanol–water partition coefficient (Wildman–Crippen LogP) is 3.51. The van der Waals surface area contributed by atoms with E-state index >= 15 is 0 Å². The van der Waals surface area contributed by atoms with E-state index in [1.807, 2.05) is 30.3 Å². The normalized spacial score (nSPS) is 10.6. The average Bonchev–Trinajstić information content (AvgIpc) is 2.90. The molecular weight excluding hydrogens is 395 g/mol. The quantitative estimate of drug-likeness (QED) is 0.378. The minimum Gasteiger partial charge on any atom is -0.258 e. The van der Waals surface area contributed by atoms with Crippen molar-refractivity contribution in [1.29, 1.82) is 0 Å². The molecule has 0 spiro atoms. The van der Waals surface area contributed by atoms with Crippen molar-refractivity contribution in [2.75, 3.05) is 0 Å². The highest BCUT2D eigenvalue weighted by molar-refractivity contribution is 14.1. The summed E-state index contributed by atoms with van der Waals surface area (Å²) in [7, 11) is 0. The Morgan fingerprint density at radius 1 is 1.09 bits per heavy atom. The zero-order valence-electron chi connectivity index (χ0n) is 11.4. The molecule has 3 aromatic rings. The summed E-state index contributed by atoms with van der Waals surface area (Å²) in [6.07, 6.45) is 0. The summed E-state index contributed by atoms with van der Waals surface area (Å²) in [5.74, 6) is 0. The third-order valence-electron chi connectivity index (χ3n) is 3.20. The first-order chi connectivity index (χ1) is 10.6. The Morgan fingerprint density at radius 3 is 2.41 bits per heavy atom. The first kappa shape index (κ1) is 14.6. The van der Waals surface area contributed by atoms with Crippen LogP contribution < -0.4 is 0 Å². The Kier molecular flexibility index (Phi) is 4.14. The maximum absolute atomic E-state index is 10.7. The zero-order chi connectivity index (χ0) is 15.5. The third kappa shape index (κ3) is 2.98. The highest BCUT2D eigenvalue weighted by atomic mass is 127. The van der Waals surface area contributed by atoms with Crippen molar-refractivity contribution in [1.82, 2.24) is 15.0 Å². The number of hydrogen-bond acceptors (Lipinski definition) is 4. The monoisotopic (exact) mass is 406 g/mol. The molecule has 0 radical (unpaired) electrons. The van der Waals surface area contributed by atoms with Crippen molar-refractivity contribution in [2.45, 2.75) is 6.54 Å². The molecule has 1 aromatic heterocycles. The van der Waals surface area contributed by atoms with E-state index in [0.29, 0.717) is 6.54 Å².